The fourth-order valence-electron chi connectivity index (χ4n) is 3.77. The van der Waals surface area contributed by atoms with Crippen molar-refractivity contribution in [2.24, 2.45) is 0 Å². The summed E-state index contributed by atoms with van der Waals surface area (Å²) >= 11 is 0. The number of aromatic carboxylic acids is 1. The Morgan fingerprint density at radius 1 is 1.14 bits per heavy atom. The number of para-hydroxylation sites is 2. The highest BCUT2D eigenvalue weighted by Gasteiger charge is 2.28. The van der Waals surface area contributed by atoms with Crippen LogP contribution in [0.2, 0.25) is 0 Å². The van der Waals surface area contributed by atoms with E-state index < -0.39 is 12.6 Å². The molecule has 1 aliphatic heterocycles. The van der Waals surface area contributed by atoms with E-state index in [-0.39, 0.29) is 17.4 Å². The molecule has 1 heterocycles. The Morgan fingerprint density at radius 3 is 2.46 bits per heavy atom. The molecule has 0 radical (unpaired) electrons. The van der Waals surface area contributed by atoms with Crippen LogP contribution in [0.5, 0.6) is 5.75 Å². The minimum atomic E-state index is -2.94. The molecule has 1 saturated heterocycles. The van der Waals surface area contributed by atoms with Crippen molar-refractivity contribution in [1.82, 2.24) is 5.32 Å². The lowest BCUT2D eigenvalue weighted by atomic mass is 9.98. The van der Waals surface area contributed by atoms with E-state index in [9.17, 15) is 18.7 Å². The van der Waals surface area contributed by atoms with Crippen molar-refractivity contribution < 1.29 is 23.4 Å². The zero-order valence-corrected chi connectivity index (χ0v) is 15.9. The first-order chi connectivity index (χ1) is 13.4. The first-order valence-corrected chi connectivity index (χ1v) is 9.27. The minimum absolute atomic E-state index is 0.0340. The zero-order chi connectivity index (χ0) is 20.3. The molecule has 150 valence electrons. The lowest BCUT2D eigenvalue weighted by Crippen LogP contribution is -2.41. The standard InChI is InChI=1S/C21H24F2N2O3/c1-13-11-14(2)18(12-16(13)20(26)27)25(15-7-9-24-10-8-15)17-5-3-4-6-19(17)28-21(22)23/h3-6,11-12,15,21,24H,7-10H2,1-2H3,(H,26,27). The maximum absolute atomic E-state index is 13.0. The van der Waals surface area contributed by atoms with Crippen molar-refractivity contribution in [2.75, 3.05) is 18.0 Å². The van der Waals surface area contributed by atoms with Gasteiger partial charge in [-0.1, -0.05) is 18.2 Å². The van der Waals surface area contributed by atoms with Crippen LogP contribution in [0.15, 0.2) is 36.4 Å². The summed E-state index contributed by atoms with van der Waals surface area (Å²) in [6.07, 6.45) is 1.61. The average Bonchev–Trinajstić information content (AvgIpc) is 2.65. The summed E-state index contributed by atoms with van der Waals surface area (Å²) in [5, 5.41) is 12.9. The number of piperidine rings is 1. The van der Waals surface area contributed by atoms with Crippen LogP contribution in [-0.4, -0.2) is 36.8 Å². The summed E-state index contributed by atoms with van der Waals surface area (Å²) < 4.78 is 30.7. The van der Waals surface area contributed by atoms with Gasteiger partial charge in [0.1, 0.15) is 5.75 Å². The number of benzene rings is 2. The topological polar surface area (TPSA) is 61.8 Å². The molecule has 1 aliphatic rings. The number of nitrogens with zero attached hydrogens (tertiary/aromatic N) is 1. The van der Waals surface area contributed by atoms with E-state index in [1.807, 2.05) is 17.9 Å². The first-order valence-electron chi connectivity index (χ1n) is 9.27. The van der Waals surface area contributed by atoms with Gasteiger partial charge in [-0.05, 0) is 69.1 Å². The maximum atomic E-state index is 13.0. The number of hydrogen-bond donors (Lipinski definition) is 2. The Labute approximate surface area is 162 Å². The number of ether oxygens (including phenoxy) is 1. The number of hydrogen-bond acceptors (Lipinski definition) is 4. The number of carboxylic acids is 1. The second-order valence-electron chi connectivity index (χ2n) is 6.96. The number of anilines is 2. The van der Waals surface area contributed by atoms with Gasteiger partial charge in [-0.3, -0.25) is 0 Å². The lowest BCUT2D eigenvalue weighted by Gasteiger charge is -2.38. The number of halogens is 2. The predicted octanol–water partition coefficient (Wildman–Crippen LogP) is 4.49. The molecule has 0 atom stereocenters. The van der Waals surface area contributed by atoms with Crippen molar-refractivity contribution >= 4 is 17.3 Å². The fourth-order valence-corrected chi connectivity index (χ4v) is 3.77. The normalized spacial score (nSPS) is 14.9. The Hall–Kier alpha value is -2.67. The Morgan fingerprint density at radius 2 is 1.82 bits per heavy atom. The van der Waals surface area contributed by atoms with Crippen molar-refractivity contribution in [1.29, 1.82) is 0 Å². The van der Waals surface area contributed by atoms with E-state index in [1.165, 1.54) is 6.07 Å². The second kappa shape index (κ2) is 8.56. The first kappa shape index (κ1) is 20.1. The number of alkyl halides is 2. The molecule has 0 saturated carbocycles. The van der Waals surface area contributed by atoms with Gasteiger partial charge in [0.2, 0.25) is 0 Å². The van der Waals surface area contributed by atoms with Crippen LogP contribution in [0.4, 0.5) is 20.2 Å². The summed E-state index contributed by atoms with van der Waals surface area (Å²) in [7, 11) is 0. The number of carboxylic acid groups (broad SMARTS) is 1. The van der Waals surface area contributed by atoms with Gasteiger partial charge in [-0.15, -0.1) is 0 Å². The van der Waals surface area contributed by atoms with Crippen molar-refractivity contribution in [3.63, 3.8) is 0 Å². The SMILES string of the molecule is Cc1cc(C)c(N(c2ccccc2OC(F)F)C2CCNCC2)cc1C(=O)O. The van der Waals surface area contributed by atoms with Crippen molar-refractivity contribution in [2.45, 2.75) is 39.3 Å². The van der Waals surface area contributed by atoms with Gasteiger partial charge < -0.3 is 20.1 Å². The number of rotatable bonds is 6. The van der Waals surface area contributed by atoms with Gasteiger partial charge in [0.25, 0.3) is 0 Å². The van der Waals surface area contributed by atoms with Crippen LogP contribution in [0, 0.1) is 13.8 Å². The van der Waals surface area contributed by atoms with E-state index in [0.29, 0.717) is 16.9 Å². The molecule has 5 nitrogen and oxygen atoms in total. The van der Waals surface area contributed by atoms with E-state index in [0.717, 1.165) is 31.5 Å². The lowest BCUT2D eigenvalue weighted by molar-refractivity contribution is -0.0495. The summed E-state index contributed by atoms with van der Waals surface area (Å²) in [5.41, 5.74) is 2.95. The molecule has 0 aromatic heterocycles. The molecule has 0 amide bonds. The Bertz CT molecular complexity index is 852. The van der Waals surface area contributed by atoms with Gasteiger partial charge in [0.05, 0.1) is 11.3 Å². The monoisotopic (exact) mass is 390 g/mol. The second-order valence-corrected chi connectivity index (χ2v) is 6.96. The molecular weight excluding hydrogens is 366 g/mol. The highest BCUT2D eigenvalue weighted by Crippen LogP contribution is 2.40. The highest BCUT2D eigenvalue weighted by atomic mass is 19.3. The van der Waals surface area contributed by atoms with Gasteiger partial charge in [-0.2, -0.15) is 8.78 Å². The van der Waals surface area contributed by atoms with Crippen LogP contribution in [0.1, 0.15) is 34.3 Å². The average molecular weight is 390 g/mol. The number of aryl methyl sites for hydroxylation is 2. The quantitative estimate of drug-likeness (QED) is 0.761. The highest BCUT2D eigenvalue weighted by molar-refractivity contribution is 5.91. The molecule has 0 aliphatic carbocycles. The Balaban J connectivity index is 2.17. The summed E-state index contributed by atoms with van der Waals surface area (Å²) in [4.78, 5) is 13.6. The van der Waals surface area contributed by atoms with E-state index in [1.54, 1.807) is 31.2 Å². The molecular formula is C21H24F2N2O3. The number of nitrogens with one attached hydrogen (secondary N) is 1. The number of carbonyl (C=O) groups is 1. The minimum Gasteiger partial charge on any atom is -0.478 e. The van der Waals surface area contributed by atoms with Crippen LogP contribution >= 0.6 is 0 Å². The largest absolute Gasteiger partial charge is 0.478 e. The van der Waals surface area contributed by atoms with Gasteiger partial charge in [0.15, 0.2) is 0 Å². The zero-order valence-electron chi connectivity index (χ0n) is 15.9. The van der Waals surface area contributed by atoms with Gasteiger partial charge in [-0.25, -0.2) is 4.79 Å². The molecule has 1 fully saturated rings. The van der Waals surface area contributed by atoms with Crippen LogP contribution in [0.25, 0.3) is 0 Å². The third-order valence-electron chi connectivity index (χ3n) is 5.05. The third-order valence-corrected chi connectivity index (χ3v) is 5.05. The molecule has 0 spiro atoms. The van der Waals surface area contributed by atoms with Gasteiger partial charge >= 0.3 is 12.6 Å². The summed E-state index contributed by atoms with van der Waals surface area (Å²) in [6.45, 7) is 2.32. The molecule has 0 bridgehead atoms. The molecule has 28 heavy (non-hydrogen) atoms. The third kappa shape index (κ3) is 4.25. The fraction of sp³-hybridized carbons (Fsp3) is 0.381. The van der Waals surface area contributed by atoms with Crippen LogP contribution < -0.4 is 15.0 Å². The van der Waals surface area contributed by atoms with Gasteiger partial charge in [0, 0.05) is 11.7 Å². The Kier molecular flexibility index (Phi) is 6.14. The smallest absolute Gasteiger partial charge is 0.387 e. The predicted molar refractivity (Wildman–Crippen MR) is 104 cm³/mol. The molecule has 2 aromatic rings. The summed E-state index contributed by atoms with van der Waals surface area (Å²) in [5.74, 6) is -0.936. The van der Waals surface area contributed by atoms with Crippen LogP contribution in [0.3, 0.4) is 0 Å². The van der Waals surface area contributed by atoms with Crippen LogP contribution in [-0.2, 0) is 0 Å². The molecule has 2 N–H and O–H groups in total. The molecule has 7 heteroatoms. The molecule has 3 rings (SSSR count). The van der Waals surface area contributed by atoms with Crippen molar-refractivity contribution in [3.8, 4) is 5.75 Å². The van der Waals surface area contributed by atoms with E-state index in [4.69, 9.17) is 4.74 Å². The maximum Gasteiger partial charge on any atom is 0.387 e. The molecule has 2 aromatic carbocycles. The van der Waals surface area contributed by atoms with Crippen molar-refractivity contribution in [3.05, 3.63) is 53.1 Å². The molecule has 0 unspecified atom stereocenters. The summed E-state index contributed by atoms with van der Waals surface area (Å²) in [6, 6.07) is 10.1. The van der Waals surface area contributed by atoms with E-state index >= 15 is 0 Å². The van der Waals surface area contributed by atoms with E-state index in [2.05, 4.69) is 5.32 Å².